The number of aliphatic hydroxyl groups is 1. The Hall–Kier alpha value is -2.20. The Kier molecular flexibility index (Phi) is 4.50. The summed E-state index contributed by atoms with van der Waals surface area (Å²) in [6.45, 7) is 2.29. The van der Waals surface area contributed by atoms with Crippen molar-refractivity contribution in [3.8, 4) is 5.75 Å². The third-order valence-electron chi connectivity index (χ3n) is 7.94. The Bertz CT molecular complexity index is 938. The van der Waals surface area contributed by atoms with E-state index in [0.29, 0.717) is 29.1 Å². The van der Waals surface area contributed by atoms with Crippen LogP contribution >= 0.6 is 0 Å². The highest BCUT2D eigenvalue weighted by Gasteiger charge is 2.54. The Morgan fingerprint density at radius 2 is 1.90 bits per heavy atom. The number of aryl methyl sites for hydroxylation is 1. The van der Waals surface area contributed by atoms with Gasteiger partial charge in [-0.1, -0.05) is 13.0 Å². The van der Waals surface area contributed by atoms with E-state index in [0.717, 1.165) is 38.5 Å². The van der Waals surface area contributed by atoms with Crippen molar-refractivity contribution in [3.63, 3.8) is 0 Å². The quantitative estimate of drug-likeness (QED) is 0.558. The van der Waals surface area contributed by atoms with Gasteiger partial charge in [0, 0.05) is 0 Å². The lowest BCUT2D eigenvalue weighted by Crippen LogP contribution is -2.43. The number of ether oxygens (including phenoxy) is 1. The fourth-order valence-electron chi connectivity index (χ4n) is 6.35. The minimum Gasteiger partial charge on any atom is -0.423 e. The molecule has 2 fully saturated rings. The molecule has 3 aliphatic rings. The summed E-state index contributed by atoms with van der Waals surface area (Å²) in [5.74, 6) is 1.51. The Balaban J connectivity index is 1.36. The van der Waals surface area contributed by atoms with Crippen molar-refractivity contribution >= 4 is 5.97 Å². The standard InChI is InChI=1S/C25H27FO3/c1-25-13-12-20-19-9-7-18(29-24(28)15-2-5-17(26)6-3-15)14-16(19)4-8-21(20)22(25)10-11-23(25)27/h2-3,5-7,9,14,20-23,27H,4,8,10-13H2,1H3/t20-,21-,22+,23?,25+/m1/s1. The van der Waals surface area contributed by atoms with E-state index in [9.17, 15) is 14.3 Å². The van der Waals surface area contributed by atoms with Crippen LogP contribution in [0.2, 0.25) is 0 Å². The highest BCUT2D eigenvalue weighted by Crippen LogP contribution is 2.60. The molecular weight excluding hydrogens is 367 g/mol. The van der Waals surface area contributed by atoms with E-state index in [1.165, 1.54) is 35.4 Å². The zero-order valence-electron chi connectivity index (χ0n) is 16.7. The fraction of sp³-hybridized carbons (Fsp3) is 0.480. The van der Waals surface area contributed by atoms with Crippen LogP contribution in [0.4, 0.5) is 4.39 Å². The van der Waals surface area contributed by atoms with E-state index < -0.39 is 5.97 Å². The maximum Gasteiger partial charge on any atom is 0.343 e. The predicted molar refractivity (Wildman–Crippen MR) is 108 cm³/mol. The number of hydrogen-bond donors (Lipinski definition) is 1. The number of rotatable bonds is 2. The zero-order chi connectivity index (χ0) is 20.2. The zero-order valence-corrected chi connectivity index (χ0v) is 16.7. The van der Waals surface area contributed by atoms with Crippen molar-refractivity contribution in [2.24, 2.45) is 17.3 Å². The first-order valence-corrected chi connectivity index (χ1v) is 10.7. The van der Waals surface area contributed by atoms with Gasteiger partial charge in [0.2, 0.25) is 0 Å². The summed E-state index contributed by atoms with van der Waals surface area (Å²) in [5.41, 5.74) is 3.10. The van der Waals surface area contributed by atoms with Crippen molar-refractivity contribution in [2.45, 2.75) is 57.5 Å². The number of hydrogen-bond acceptors (Lipinski definition) is 3. The molecule has 152 valence electrons. The number of fused-ring (bicyclic) bond motifs is 5. The van der Waals surface area contributed by atoms with Crippen molar-refractivity contribution in [1.82, 2.24) is 0 Å². The molecule has 2 aromatic rings. The molecule has 2 aromatic carbocycles. The SMILES string of the molecule is C[C@]12CC[C@@H]3c4ccc(OC(=O)c5ccc(F)cc5)cc4CC[C@H]3[C@@H]1CCC2O. The Labute approximate surface area is 170 Å². The minimum atomic E-state index is -0.466. The molecule has 3 aliphatic carbocycles. The summed E-state index contributed by atoms with van der Waals surface area (Å²) < 4.78 is 18.6. The Morgan fingerprint density at radius 1 is 1.10 bits per heavy atom. The molecule has 2 saturated carbocycles. The lowest BCUT2D eigenvalue weighted by Gasteiger charge is -2.50. The molecule has 0 heterocycles. The summed E-state index contributed by atoms with van der Waals surface area (Å²) in [4.78, 5) is 12.3. The lowest BCUT2D eigenvalue weighted by atomic mass is 9.55. The second-order valence-electron chi connectivity index (χ2n) is 9.31. The fourth-order valence-corrected chi connectivity index (χ4v) is 6.35. The summed E-state index contributed by atoms with van der Waals surface area (Å²) in [6.07, 6.45) is 6.26. The molecule has 5 rings (SSSR count). The van der Waals surface area contributed by atoms with Crippen molar-refractivity contribution in [3.05, 3.63) is 65.0 Å². The van der Waals surface area contributed by atoms with Gasteiger partial charge in [-0.25, -0.2) is 9.18 Å². The van der Waals surface area contributed by atoms with Gasteiger partial charge < -0.3 is 9.84 Å². The molecule has 1 N–H and O–H groups in total. The molecule has 4 heteroatoms. The highest BCUT2D eigenvalue weighted by atomic mass is 19.1. The van der Waals surface area contributed by atoms with E-state index >= 15 is 0 Å². The van der Waals surface area contributed by atoms with Crippen LogP contribution in [0.1, 0.15) is 66.4 Å². The van der Waals surface area contributed by atoms with Gasteiger partial charge in [-0.05, 0) is 109 Å². The number of benzene rings is 2. The summed E-state index contributed by atoms with van der Waals surface area (Å²) in [6, 6.07) is 11.4. The molecule has 1 unspecified atom stereocenters. The third kappa shape index (κ3) is 3.09. The van der Waals surface area contributed by atoms with Crippen LogP contribution in [0, 0.1) is 23.1 Å². The third-order valence-corrected chi connectivity index (χ3v) is 7.94. The van der Waals surface area contributed by atoms with E-state index in [4.69, 9.17) is 4.74 Å². The maximum atomic E-state index is 13.1. The van der Waals surface area contributed by atoms with Crippen LogP contribution in [0.5, 0.6) is 5.75 Å². The highest BCUT2D eigenvalue weighted by molar-refractivity contribution is 5.91. The molecule has 0 aromatic heterocycles. The second kappa shape index (κ2) is 6.94. The summed E-state index contributed by atoms with van der Waals surface area (Å²) in [5, 5.41) is 10.5. The van der Waals surface area contributed by atoms with Crippen LogP contribution in [0.3, 0.4) is 0 Å². The normalized spacial score (nSPS) is 32.8. The van der Waals surface area contributed by atoms with Gasteiger partial charge >= 0.3 is 5.97 Å². The summed E-state index contributed by atoms with van der Waals surface area (Å²) >= 11 is 0. The molecule has 29 heavy (non-hydrogen) atoms. The molecule has 0 radical (unpaired) electrons. The van der Waals surface area contributed by atoms with Gasteiger partial charge in [-0.15, -0.1) is 0 Å². The first-order valence-electron chi connectivity index (χ1n) is 10.7. The Morgan fingerprint density at radius 3 is 2.69 bits per heavy atom. The van der Waals surface area contributed by atoms with Gasteiger partial charge in [-0.2, -0.15) is 0 Å². The second-order valence-corrected chi connectivity index (χ2v) is 9.31. The topological polar surface area (TPSA) is 46.5 Å². The molecule has 5 atom stereocenters. The number of esters is 1. The van der Waals surface area contributed by atoms with Crippen molar-refractivity contribution in [2.75, 3.05) is 0 Å². The van der Waals surface area contributed by atoms with Crippen LogP contribution < -0.4 is 4.74 Å². The smallest absolute Gasteiger partial charge is 0.343 e. The molecule has 0 saturated heterocycles. The number of aliphatic hydroxyl groups excluding tert-OH is 1. The van der Waals surface area contributed by atoms with Crippen LogP contribution in [0.15, 0.2) is 42.5 Å². The van der Waals surface area contributed by atoms with Crippen molar-refractivity contribution in [1.29, 1.82) is 0 Å². The molecule has 0 amide bonds. The van der Waals surface area contributed by atoms with Crippen LogP contribution in [-0.2, 0) is 6.42 Å². The van der Waals surface area contributed by atoms with Crippen LogP contribution in [-0.4, -0.2) is 17.2 Å². The van der Waals surface area contributed by atoms with E-state index in [-0.39, 0.29) is 17.3 Å². The van der Waals surface area contributed by atoms with Gasteiger partial charge in [-0.3, -0.25) is 0 Å². The van der Waals surface area contributed by atoms with Crippen molar-refractivity contribution < 1.29 is 19.0 Å². The molecule has 3 nitrogen and oxygen atoms in total. The van der Waals surface area contributed by atoms with Crippen LogP contribution in [0.25, 0.3) is 0 Å². The largest absolute Gasteiger partial charge is 0.423 e. The average molecular weight is 394 g/mol. The van der Waals surface area contributed by atoms with Gasteiger partial charge in [0.1, 0.15) is 11.6 Å². The molecular formula is C25H27FO3. The monoisotopic (exact) mass is 394 g/mol. The number of halogens is 1. The van der Waals surface area contributed by atoms with Gasteiger partial charge in [0.25, 0.3) is 0 Å². The first kappa shape index (κ1) is 18.8. The summed E-state index contributed by atoms with van der Waals surface area (Å²) in [7, 11) is 0. The number of carbonyl (C=O) groups is 1. The van der Waals surface area contributed by atoms with E-state index in [2.05, 4.69) is 13.0 Å². The predicted octanol–water partition coefficient (Wildman–Crippen LogP) is 5.26. The minimum absolute atomic E-state index is 0.0866. The van der Waals surface area contributed by atoms with E-state index in [1.54, 1.807) is 0 Å². The first-order chi connectivity index (χ1) is 14.0. The number of carbonyl (C=O) groups excluding carboxylic acids is 1. The molecule has 0 spiro atoms. The lowest BCUT2D eigenvalue weighted by molar-refractivity contribution is -0.0226. The molecule has 0 bridgehead atoms. The maximum absolute atomic E-state index is 13.1. The van der Waals surface area contributed by atoms with Gasteiger partial charge in [0.15, 0.2) is 0 Å². The average Bonchev–Trinajstić information content (AvgIpc) is 3.03. The van der Waals surface area contributed by atoms with E-state index in [1.807, 2.05) is 12.1 Å². The van der Waals surface area contributed by atoms with Gasteiger partial charge in [0.05, 0.1) is 11.7 Å². The molecule has 0 aliphatic heterocycles.